The van der Waals surface area contributed by atoms with Crippen molar-refractivity contribution >= 4 is 11.9 Å². The first kappa shape index (κ1) is 14.1. The summed E-state index contributed by atoms with van der Waals surface area (Å²) >= 11 is 0. The van der Waals surface area contributed by atoms with Crippen molar-refractivity contribution in [2.24, 2.45) is 11.8 Å². The topological polar surface area (TPSA) is 66.8 Å². The van der Waals surface area contributed by atoms with Crippen LogP contribution >= 0.6 is 0 Å². The van der Waals surface area contributed by atoms with Gasteiger partial charge in [0.2, 0.25) is 5.91 Å². The molecule has 0 aromatic carbocycles. The second-order valence-electron chi connectivity index (χ2n) is 5.74. The zero-order valence-corrected chi connectivity index (χ0v) is 12.0. The number of esters is 1. The number of fused-ring (bicyclic) bond motifs is 3. The van der Waals surface area contributed by atoms with Crippen molar-refractivity contribution in [2.75, 3.05) is 6.61 Å². The third-order valence-corrected chi connectivity index (χ3v) is 4.50. The molecule has 1 aliphatic carbocycles. The third-order valence-electron chi connectivity index (χ3n) is 4.50. The summed E-state index contributed by atoms with van der Waals surface area (Å²) in [6, 6.07) is -0.108. The van der Waals surface area contributed by atoms with Crippen LogP contribution in [-0.2, 0) is 14.3 Å². The lowest BCUT2D eigenvalue weighted by Crippen LogP contribution is -2.64. The molecule has 0 saturated carbocycles. The molecule has 3 aliphatic rings. The Bertz CT molecular complexity index is 561. The van der Waals surface area contributed by atoms with E-state index in [9.17, 15) is 14.7 Å². The fraction of sp³-hybridized carbons (Fsp3) is 0.500. The molecule has 2 heterocycles. The van der Waals surface area contributed by atoms with Gasteiger partial charge in [-0.25, -0.2) is 4.79 Å². The van der Waals surface area contributed by atoms with Crippen molar-refractivity contribution in [3.8, 4) is 0 Å². The van der Waals surface area contributed by atoms with Crippen LogP contribution in [0.2, 0.25) is 0 Å². The van der Waals surface area contributed by atoms with Crippen LogP contribution in [0.1, 0.15) is 19.8 Å². The summed E-state index contributed by atoms with van der Waals surface area (Å²) in [5.41, 5.74) is 1.22. The third kappa shape index (κ3) is 1.95. The first-order chi connectivity index (χ1) is 10.1. The first-order valence-corrected chi connectivity index (χ1v) is 7.27. The van der Waals surface area contributed by atoms with Crippen molar-refractivity contribution in [1.29, 1.82) is 0 Å². The molecule has 3 rings (SSSR count). The summed E-state index contributed by atoms with van der Waals surface area (Å²) in [6.45, 7) is 5.27. The molecule has 5 nitrogen and oxygen atoms in total. The highest BCUT2D eigenvalue weighted by Gasteiger charge is 2.60. The second kappa shape index (κ2) is 5.15. The van der Waals surface area contributed by atoms with Gasteiger partial charge in [-0.3, -0.25) is 4.79 Å². The van der Waals surface area contributed by atoms with Crippen molar-refractivity contribution < 1.29 is 19.4 Å². The van der Waals surface area contributed by atoms with E-state index in [1.54, 1.807) is 6.92 Å². The number of hydrogen-bond acceptors (Lipinski definition) is 4. The predicted molar refractivity (Wildman–Crippen MR) is 75.9 cm³/mol. The molecule has 0 unspecified atom stereocenters. The van der Waals surface area contributed by atoms with E-state index < -0.39 is 18.0 Å². The summed E-state index contributed by atoms with van der Waals surface area (Å²) in [5, 5.41) is 9.83. The van der Waals surface area contributed by atoms with Crippen LogP contribution in [0.15, 0.2) is 36.1 Å². The molecule has 112 valence electrons. The van der Waals surface area contributed by atoms with E-state index >= 15 is 0 Å². The fourth-order valence-electron chi connectivity index (χ4n) is 3.65. The maximum atomic E-state index is 12.3. The van der Waals surface area contributed by atoms with Gasteiger partial charge in [0.05, 0.1) is 18.1 Å². The molecule has 0 spiro atoms. The Balaban J connectivity index is 1.95. The number of amides is 1. The Hall–Kier alpha value is -1.88. The lowest BCUT2D eigenvalue weighted by atomic mass is 9.74. The molecule has 1 amide bonds. The van der Waals surface area contributed by atoms with E-state index in [0.29, 0.717) is 5.70 Å². The zero-order chi connectivity index (χ0) is 15.1. The van der Waals surface area contributed by atoms with Crippen LogP contribution in [-0.4, -0.2) is 40.6 Å². The van der Waals surface area contributed by atoms with Crippen LogP contribution in [0.5, 0.6) is 0 Å². The highest BCUT2D eigenvalue weighted by Crippen LogP contribution is 2.50. The Morgan fingerprint density at radius 2 is 2.43 bits per heavy atom. The van der Waals surface area contributed by atoms with Gasteiger partial charge in [0.25, 0.3) is 0 Å². The molecule has 0 aromatic heterocycles. The summed E-state index contributed by atoms with van der Waals surface area (Å²) in [6.07, 6.45) is 6.55. The molecule has 0 radical (unpaired) electrons. The fourth-order valence-corrected chi connectivity index (χ4v) is 3.65. The van der Waals surface area contributed by atoms with Crippen molar-refractivity contribution in [3.05, 3.63) is 36.1 Å². The average molecular weight is 289 g/mol. The van der Waals surface area contributed by atoms with Crippen LogP contribution in [0.25, 0.3) is 0 Å². The molecule has 21 heavy (non-hydrogen) atoms. The van der Waals surface area contributed by atoms with Gasteiger partial charge in [-0.05, 0) is 25.3 Å². The van der Waals surface area contributed by atoms with Crippen LogP contribution in [0.4, 0.5) is 0 Å². The molecule has 1 fully saturated rings. The standard InChI is InChI=1S/C16H19NO4/c1-3-8-21-16(20)14-11-7-5-4-6-10(11)13-12(9(2)18)15(19)17(13)14/h3,5,7,9-10,12-13,18H,1,4,6,8H2,2H3/t9-,10-,12-,13-/m1/s1. The van der Waals surface area contributed by atoms with Gasteiger partial charge >= 0.3 is 5.97 Å². The molecule has 0 aromatic rings. The number of rotatable bonds is 4. The second-order valence-corrected chi connectivity index (χ2v) is 5.74. The Morgan fingerprint density at radius 1 is 1.67 bits per heavy atom. The summed E-state index contributed by atoms with van der Waals surface area (Å²) in [7, 11) is 0. The Labute approximate surface area is 123 Å². The lowest BCUT2D eigenvalue weighted by Gasteiger charge is -2.47. The number of carbonyl (C=O) groups is 2. The molecule has 1 saturated heterocycles. The molecule has 2 aliphatic heterocycles. The van der Waals surface area contributed by atoms with Gasteiger partial charge in [-0.15, -0.1) is 0 Å². The van der Waals surface area contributed by atoms with Gasteiger partial charge in [0, 0.05) is 5.92 Å². The van der Waals surface area contributed by atoms with Crippen molar-refractivity contribution in [1.82, 2.24) is 4.90 Å². The highest BCUT2D eigenvalue weighted by atomic mass is 16.5. The number of allylic oxidation sites excluding steroid dienone is 2. The Morgan fingerprint density at radius 3 is 3.10 bits per heavy atom. The van der Waals surface area contributed by atoms with Gasteiger partial charge in [0.1, 0.15) is 12.3 Å². The summed E-state index contributed by atoms with van der Waals surface area (Å²) in [4.78, 5) is 26.1. The lowest BCUT2D eigenvalue weighted by molar-refractivity contribution is -0.164. The minimum atomic E-state index is -0.700. The van der Waals surface area contributed by atoms with Crippen LogP contribution < -0.4 is 0 Å². The predicted octanol–water partition coefficient (Wildman–Crippen LogP) is 1.16. The average Bonchev–Trinajstić information content (AvgIpc) is 2.75. The minimum absolute atomic E-state index is 0.108. The smallest absolute Gasteiger partial charge is 0.355 e. The van der Waals surface area contributed by atoms with E-state index in [4.69, 9.17) is 4.74 Å². The van der Waals surface area contributed by atoms with Crippen LogP contribution in [0, 0.1) is 11.8 Å². The number of hydrogen-bond donors (Lipinski definition) is 1. The van der Waals surface area contributed by atoms with E-state index in [1.165, 1.54) is 11.0 Å². The van der Waals surface area contributed by atoms with Crippen molar-refractivity contribution in [2.45, 2.75) is 31.9 Å². The zero-order valence-electron chi connectivity index (χ0n) is 12.0. The maximum absolute atomic E-state index is 12.3. The molecule has 0 bridgehead atoms. The largest absolute Gasteiger partial charge is 0.457 e. The number of aliphatic hydroxyl groups is 1. The quantitative estimate of drug-likeness (QED) is 0.479. The monoisotopic (exact) mass is 289 g/mol. The number of aliphatic hydroxyl groups excluding tert-OH is 1. The molecule has 5 heteroatoms. The minimum Gasteiger partial charge on any atom is -0.457 e. The first-order valence-electron chi connectivity index (χ1n) is 7.27. The van der Waals surface area contributed by atoms with Crippen molar-refractivity contribution in [3.63, 3.8) is 0 Å². The van der Waals surface area contributed by atoms with Gasteiger partial charge in [-0.1, -0.05) is 24.8 Å². The number of β-lactam (4-membered cyclic amide) rings is 1. The van der Waals surface area contributed by atoms with E-state index in [1.807, 2.05) is 12.2 Å². The van der Waals surface area contributed by atoms with E-state index in [-0.39, 0.29) is 24.5 Å². The molecular weight excluding hydrogens is 270 g/mol. The molecule has 1 N–H and O–H groups in total. The van der Waals surface area contributed by atoms with E-state index in [2.05, 4.69) is 6.58 Å². The summed E-state index contributed by atoms with van der Waals surface area (Å²) in [5.74, 6) is -0.961. The Kier molecular flexibility index (Phi) is 3.45. The van der Waals surface area contributed by atoms with Gasteiger partial charge in [-0.2, -0.15) is 0 Å². The normalized spacial score (nSPS) is 31.4. The highest BCUT2D eigenvalue weighted by molar-refractivity contribution is 6.01. The molecule has 4 atom stereocenters. The number of ether oxygens (including phenoxy) is 1. The summed E-state index contributed by atoms with van der Waals surface area (Å²) < 4.78 is 5.12. The number of carbonyl (C=O) groups excluding carboxylic acids is 2. The van der Waals surface area contributed by atoms with Gasteiger partial charge < -0.3 is 14.7 Å². The molecular formula is C16H19NO4. The van der Waals surface area contributed by atoms with Crippen LogP contribution in [0.3, 0.4) is 0 Å². The van der Waals surface area contributed by atoms with E-state index in [0.717, 1.165) is 18.4 Å². The van der Waals surface area contributed by atoms with Gasteiger partial charge in [0.15, 0.2) is 0 Å². The number of nitrogens with zero attached hydrogens (tertiary/aromatic N) is 1. The SMILES string of the molecule is C=CCOC(=O)C1=C2C=CCC[C@H]2[C@@H]2[C@@H]([C@@H](C)O)C(=O)N12. The maximum Gasteiger partial charge on any atom is 0.355 e.